The summed E-state index contributed by atoms with van der Waals surface area (Å²) in [5, 5.41) is 8.76. The van der Waals surface area contributed by atoms with Crippen LogP contribution in [-0.4, -0.2) is 34.7 Å². The summed E-state index contributed by atoms with van der Waals surface area (Å²) in [4.78, 5) is 7.92. The number of aromatic nitrogens is 1. The van der Waals surface area contributed by atoms with E-state index in [1.165, 1.54) is 10.6 Å². The van der Waals surface area contributed by atoms with Gasteiger partial charge in [-0.3, -0.25) is 4.90 Å². The summed E-state index contributed by atoms with van der Waals surface area (Å²) in [6.45, 7) is 3.06. The Labute approximate surface area is 75.7 Å². The van der Waals surface area contributed by atoms with Crippen molar-refractivity contribution in [2.75, 3.05) is 19.7 Å². The van der Waals surface area contributed by atoms with E-state index in [0.717, 1.165) is 26.1 Å². The standard InChI is InChI=1S/C8H12N2OS/c11-4-3-10-2-1-7-8(5-10)12-6-9-7/h6,11H,1-5H2. The maximum absolute atomic E-state index is 8.76. The summed E-state index contributed by atoms with van der Waals surface area (Å²) in [5.74, 6) is 0. The Morgan fingerprint density at radius 3 is 3.42 bits per heavy atom. The molecule has 0 aromatic carbocycles. The number of aliphatic hydroxyl groups is 1. The Kier molecular flexibility index (Phi) is 2.39. The fourth-order valence-corrected chi connectivity index (χ4v) is 2.36. The monoisotopic (exact) mass is 184 g/mol. The van der Waals surface area contributed by atoms with Crippen LogP contribution in [-0.2, 0) is 13.0 Å². The van der Waals surface area contributed by atoms with E-state index in [0.29, 0.717) is 0 Å². The number of thiazole rings is 1. The van der Waals surface area contributed by atoms with Gasteiger partial charge in [0.1, 0.15) is 0 Å². The van der Waals surface area contributed by atoms with Gasteiger partial charge in [0.2, 0.25) is 0 Å². The summed E-state index contributed by atoms with van der Waals surface area (Å²) in [6.07, 6.45) is 1.04. The molecule has 2 rings (SSSR count). The number of hydrogen-bond acceptors (Lipinski definition) is 4. The van der Waals surface area contributed by atoms with E-state index in [9.17, 15) is 0 Å². The zero-order chi connectivity index (χ0) is 8.39. The van der Waals surface area contributed by atoms with E-state index in [2.05, 4.69) is 9.88 Å². The molecule has 1 aromatic rings. The fraction of sp³-hybridized carbons (Fsp3) is 0.625. The Morgan fingerprint density at radius 2 is 2.58 bits per heavy atom. The van der Waals surface area contributed by atoms with Crippen molar-refractivity contribution in [2.24, 2.45) is 0 Å². The maximum atomic E-state index is 8.76. The van der Waals surface area contributed by atoms with Crippen LogP contribution in [0.3, 0.4) is 0 Å². The minimum atomic E-state index is 0.258. The van der Waals surface area contributed by atoms with Crippen LogP contribution in [0.1, 0.15) is 10.6 Å². The molecule has 1 aliphatic rings. The van der Waals surface area contributed by atoms with Crippen molar-refractivity contribution in [1.82, 2.24) is 9.88 Å². The average molecular weight is 184 g/mol. The first-order valence-corrected chi connectivity index (χ1v) is 5.02. The summed E-state index contributed by atoms with van der Waals surface area (Å²) < 4.78 is 0. The van der Waals surface area contributed by atoms with Gasteiger partial charge in [-0.2, -0.15) is 0 Å². The lowest BCUT2D eigenvalue weighted by Crippen LogP contribution is -2.32. The van der Waals surface area contributed by atoms with Gasteiger partial charge in [-0.05, 0) is 0 Å². The van der Waals surface area contributed by atoms with Gasteiger partial charge in [-0.1, -0.05) is 0 Å². The Morgan fingerprint density at radius 1 is 1.67 bits per heavy atom. The summed E-state index contributed by atoms with van der Waals surface area (Å²) in [6, 6.07) is 0. The molecule has 0 amide bonds. The molecule has 0 spiro atoms. The topological polar surface area (TPSA) is 36.4 Å². The van der Waals surface area contributed by atoms with Crippen LogP contribution in [0, 0.1) is 0 Å². The molecule has 0 aliphatic carbocycles. The smallest absolute Gasteiger partial charge is 0.0798 e. The number of aliphatic hydroxyl groups excluding tert-OH is 1. The van der Waals surface area contributed by atoms with Crippen LogP contribution in [0.2, 0.25) is 0 Å². The first-order valence-electron chi connectivity index (χ1n) is 4.14. The molecule has 0 saturated heterocycles. The van der Waals surface area contributed by atoms with Gasteiger partial charge in [0, 0.05) is 30.9 Å². The molecule has 0 unspecified atom stereocenters. The van der Waals surface area contributed by atoms with Crippen LogP contribution in [0.4, 0.5) is 0 Å². The third-order valence-corrected chi connectivity index (χ3v) is 3.03. The van der Waals surface area contributed by atoms with E-state index in [4.69, 9.17) is 5.11 Å². The highest BCUT2D eigenvalue weighted by molar-refractivity contribution is 7.09. The Balaban J connectivity index is 2.05. The molecular weight excluding hydrogens is 172 g/mol. The highest BCUT2D eigenvalue weighted by Gasteiger charge is 2.17. The highest BCUT2D eigenvalue weighted by atomic mass is 32.1. The lowest BCUT2D eigenvalue weighted by Gasteiger charge is -2.24. The van der Waals surface area contributed by atoms with Gasteiger partial charge in [-0.15, -0.1) is 11.3 Å². The van der Waals surface area contributed by atoms with Gasteiger partial charge in [0.25, 0.3) is 0 Å². The van der Waals surface area contributed by atoms with E-state index in [1.54, 1.807) is 11.3 Å². The van der Waals surface area contributed by atoms with Crippen LogP contribution in [0.5, 0.6) is 0 Å². The number of hydrogen-bond donors (Lipinski definition) is 1. The van der Waals surface area contributed by atoms with Gasteiger partial charge in [-0.25, -0.2) is 4.98 Å². The molecule has 2 heterocycles. The molecular formula is C8H12N2OS. The fourth-order valence-electron chi connectivity index (χ4n) is 1.50. The molecule has 3 nitrogen and oxygen atoms in total. The summed E-state index contributed by atoms with van der Waals surface area (Å²) in [7, 11) is 0. The second-order valence-electron chi connectivity index (χ2n) is 2.97. The van der Waals surface area contributed by atoms with Crippen LogP contribution >= 0.6 is 11.3 Å². The third kappa shape index (κ3) is 1.50. The quantitative estimate of drug-likeness (QED) is 0.727. The molecule has 4 heteroatoms. The van der Waals surface area contributed by atoms with Crippen molar-refractivity contribution in [3.8, 4) is 0 Å². The van der Waals surface area contributed by atoms with Crippen molar-refractivity contribution in [1.29, 1.82) is 0 Å². The molecule has 12 heavy (non-hydrogen) atoms. The zero-order valence-corrected chi connectivity index (χ0v) is 7.68. The summed E-state index contributed by atoms with van der Waals surface area (Å²) >= 11 is 1.72. The molecule has 0 atom stereocenters. The van der Waals surface area contributed by atoms with Crippen molar-refractivity contribution in [2.45, 2.75) is 13.0 Å². The lowest BCUT2D eigenvalue weighted by atomic mass is 10.2. The predicted molar refractivity (Wildman–Crippen MR) is 48.2 cm³/mol. The van der Waals surface area contributed by atoms with E-state index in [1.807, 2.05) is 5.51 Å². The Hall–Kier alpha value is -0.450. The molecule has 1 N–H and O–H groups in total. The molecule has 66 valence electrons. The number of rotatable bonds is 2. The lowest BCUT2D eigenvalue weighted by molar-refractivity contribution is 0.185. The second-order valence-corrected chi connectivity index (χ2v) is 3.91. The van der Waals surface area contributed by atoms with Gasteiger partial charge in [0.05, 0.1) is 17.8 Å². The molecule has 0 fully saturated rings. The second kappa shape index (κ2) is 3.51. The maximum Gasteiger partial charge on any atom is 0.0798 e. The van der Waals surface area contributed by atoms with Gasteiger partial charge >= 0.3 is 0 Å². The Bertz CT molecular complexity index is 261. The van der Waals surface area contributed by atoms with E-state index >= 15 is 0 Å². The van der Waals surface area contributed by atoms with Gasteiger partial charge < -0.3 is 5.11 Å². The van der Waals surface area contributed by atoms with Crippen molar-refractivity contribution in [3.63, 3.8) is 0 Å². The normalized spacial score (nSPS) is 17.8. The summed E-state index contributed by atoms with van der Waals surface area (Å²) in [5.41, 5.74) is 3.17. The van der Waals surface area contributed by atoms with Crippen LogP contribution < -0.4 is 0 Å². The van der Waals surface area contributed by atoms with Crippen LogP contribution in [0.15, 0.2) is 5.51 Å². The third-order valence-electron chi connectivity index (χ3n) is 2.17. The van der Waals surface area contributed by atoms with Gasteiger partial charge in [0.15, 0.2) is 0 Å². The minimum Gasteiger partial charge on any atom is -0.395 e. The molecule has 0 bridgehead atoms. The highest BCUT2D eigenvalue weighted by Crippen LogP contribution is 2.20. The van der Waals surface area contributed by atoms with E-state index < -0.39 is 0 Å². The van der Waals surface area contributed by atoms with Crippen molar-refractivity contribution < 1.29 is 5.11 Å². The first-order chi connectivity index (χ1) is 5.90. The van der Waals surface area contributed by atoms with Crippen LogP contribution in [0.25, 0.3) is 0 Å². The molecule has 0 radical (unpaired) electrons. The molecule has 1 aromatic heterocycles. The minimum absolute atomic E-state index is 0.258. The number of nitrogens with zero attached hydrogens (tertiary/aromatic N) is 2. The van der Waals surface area contributed by atoms with Crippen molar-refractivity contribution >= 4 is 11.3 Å². The first kappa shape index (κ1) is 8.16. The largest absolute Gasteiger partial charge is 0.395 e. The van der Waals surface area contributed by atoms with Crippen molar-refractivity contribution in [3.05, 3.63) is 16.1 Å². The SMILES string of the molecule is OCCN1CCc2ncsc2C1. The molecule has 1 aliphatic heterocycles. The zero-order valence-electron chi connectivity index (χ0n) is 6.86. The predicted octanol–water partition coefficient (Wildman–Crippen LogP) is 0.493. The number of fused-ring (bicyclic) bond motifs is 1. The molecule has 0 saturated carbocycles. The van der Waals surface area contributed by atoms with E-state index in [-0.39, 0.29) is 6.61 Å². The number of β-amino-alcohol motifs (C(OH)–C–C–N with tert-alkyl or cyclic N) is 1. The average Bonchev–Trinajstić information content (AvgIpc) is 2.51.